The third kappa shape index (κ3) is 4.73. The van der Waals surface area contributed by atoms with E-state index in [1.165, 1.54) is 13.0 Å². The fourth-order valence-corrected chi connectivity index (χ4v) is 3.15. The first-order chi connectivity index (χ1) is 9.24. The minimum absolute atomic E-state index is 0.0833. The van der Waals surface area contributed by atoms with Crippen LogP contribution in [0.25, 0.3) is 0 Å². The predicted octanol–water partition coefficient (Wildman–Crippen LogP) is 1.34. The molecule has 0 saturated heterocycles. The number of nitrogens with one attached hydrogen (secondary N) is 1. The smallest absolute Gasteiger partial charge is 0.241 e. The number of unbranched alkanes of at least 4 members (excludes halogenated alkanes) is 1. The van der Waals surface area contributed by atoms with Gasteiger partial charge in [-0.05, 0) is 52.5 Å². The van der Waals surface area contributed by atoms with Crippen molar-refractivity contribution < 1.29 is 12.8 Å². The molecule has 0 amide bonds. The predicted molar refractivity (Wildman–Crippen MR) is 78.5 cm³/mol. The van der Waals surface area contributed by atoms with E-state index in [2.05, 4.69) is 4.72 Å². The van der Waals surface area contributed by atoms with Crippen LogP contribution in [0.4, 0.5) is 10.1 Å². The van der Waals surface area contributed by atoms with Gasteiger partial charge in [0.25, 0.3) is 0 Å². The van der Waals surface area contributed by atoms with E-state index in [1.54, 1.807) is 0 Å². The second kappa shape index (κ2) is 7.01. The molecule has 0 aromatic heterocycles. The molecular formula is C13H22FN3O2S. The molecule has 0 bridgehead atoms. The third-order valence-electron chi connectivity index (χ3n) is 2.93. The lowest BCUT2D eigenvalue weighted by Crippen LogP contribution is -2.26. The lowest BCUT2D eigenvalue weighted by molar-refractivity contribution is 0.394. The van der Waals surface area contributed by atoms with Crippen LogP contribution < -0.4 is 10.5 Å². The summed E-state index contributed by atoms with van der Waals surface area (Å²) in [5.74, 6) is -0.613. The number of halogens is 1. The minimum Gasteiger partial charge on any atom is -0.399 e. The average Bonchev–Trinajstić information content (AvgIpc) is 2.32. The summed E-state index contributed by atoms with van der Waals surface area (Å²) >= 11 is 0. The van der Waals surface area contributed by atoms with E-state index in [0.717, 1.165) is 25.5 Å². The summed E-state index contributed by atoms with van der Waals surface area (Å²) in [7, 11) is 0.202. The summed E-state index contributed by atoms with van der Waals surface area (Å²) in [6.07, 6.45) is 1.61. The largest absolute Gasteiger partial charge is 0.399 e. The van der Waals surface area contributed by atoms with Crippen molar-refractivity contribution in [2.75, 3.05) is 32.9 Å². The second-order valence-electron chi connectivity index (χ2n) is 5.03. The maximum absolute atomic E-state index is 13.5. The van der Waals surface area contributed by atoms with Crippen molar-refractivity contribution in [3.63, 3.8) is 0 Å². The number of nitrogens with zero attached hydrogens (tertiary/aromatic N) is 1. The molecule has 114 valence electrons. The highest BCUT2D eigenvalue weighted by molar-refractivity contribution is 7.89. The molecule has 1 aromatic carbocycles. The second-order valence-corrected chi connectivity index (χ2v) is 6.77. The van der Waals surface area contributed by atoms with Crippen molar-refractivity contribution in [1.29, 1.82) is 0 Å². The number of rotatable bonds is 7. The number of nitrogen functional groups attached to an aromatic ring is 1. The monoisotopic (exact) mass is 303 g/mol. The van der Waals surface area contributed by atoms with Crippen molar-refractivity contribution in [3.8, 4) is 0 Å². The lowest BCUT2D eigenvalue weighted by atomic mass is 10.2. The molecule has 0 heterocycles. The molecule has 0 aliphatic heterocycles. The fraction of sp³-hybridized carbons (Fsp3) is 0.538. The summed E-state index contributed by atoms with van der Waals surface area (Å²) < 4.78 is 40.2. The SMILES string of the molecule is Cc1c(F)cc(N)cc1S(=O)(=O)NCCCCN(C)C. The van der Waals surface area contributed by atoms with Crippen LogP contribution in [0.1, 0.15) is 18.4 Å². The highest BCUT2D eigenvalue weighted by atomic mass is 32.2. The van der Waals surface area contributed by atoms with Crippen LogP contribution in [0.3, 0.4) is 0 Å². The Kier molecular flexibility index (Phi) is 5.91. The number of hydrogen-bond acceptors (Lipinski definition) is 4. The Balaban J connectivity index is 2.70. The van der Waals surface area contributed by atoms with E-state index in [-0.39, 0.29) is 16.1 Å². The van der Waals surface area contributed by atoms with Crippen molar-refractivity contribution in [2.24, 2.45) is 0 Å². The van der Waals surface area contributed by atoms with Crippen molar-refractivity contribution in [3.05, 3.63) is 23.5 Å². The Labute approximate surface area is 120 Å². The van der Waals surface area contributed by atoms with Gasteiger partial charge in [-0.25, -0.2) is 17.5 Å². The van der Waals surface area contributed by atoms with Gasteiger partial charge in [0.2, 0.25) is 10.0 Å². The maximum Gasteiger partial charge on any atom is 0.241 e. The Bertz CT molecular complexity index is 559. The third-order valence-corrected chi connectivity index (χ3v) is 4.52. The molecule has 0 unspecified atom stereocenters. The van der Waals surface area contributed by atoms with Crippen LogP contribution in [-0.4, -0.2) is 40.5 Å². The van der Waals surface area contributed by atoms with E-state index < -0.39 is 15.8 Å². The number of nitrogens with two attached hydrogens (primary N) is 1. The summed E-state index contributed by atoms with van der Waals surface area (Å²) in [5.41, 5.74) is 5.68. The standard InChI is InChI=1S/C13H22FN3O2S/c1-10-12(14)8-11(15)9-13(10)20(18,19)16-6-4-5-7-17(2)3/h8-9,16H,4-7,15H2,1-3H3. The van der Waals surface area contributed by atoms with E-state index in [4.69, 9.17) is 5.73 Å². The first-order valence-electron chi connectivity index (χ1n) is 6.44. The Hall–Kier alpha value is -1.18. The zero-order chi connectivity index (χ0) is 15.3. The molecule has 1 rings (SSSR count). The van der Waals surface area contributed by atoms with Crippen LogP contribution >= 0.6 is 0 Å². The molecule has 7 heteroatoms. The summed E-state index contributed by atoms with van der Waals surface area (Å²) in [4.78, 5) is 1.94. The van der Waals surface area contributed by atoms with E-state index >= 15 is 0 Å². The molecule has 0 fully saturated rings. The van der Waals surface area contributed by atoms with Gasteiger partial charge in [-0.1, -0.05) is 0 Å². The molecular weight excluding hydrogens is 281 g/mol. The minimum atomic E-state index is -3.72. The first-order valence-corrected chi connectivity index (χ1v) is 7.92. The van der Waals surface area contributed by atoms with Crippen LogP contribution in [0.15, 0.2) is 17.0 Å². The normalized spacial score (nSPS) is 12.1. The van der Waals surface area contributed by atoms with Crippen LogP contribution in [0.5, 0.6) is 0 Å². The molecule has 0 spiro atoms. The zero-order valence-electron chi connectivity index (χ0n) is 12.1. The summed E-state index contributed by atoms with van der Waals surface area (Å²) in [6.45, 7) is 2.65. The Morgan fingerprint density at radius 2 is 1.95 bits per heavy atom. The van der Waals surface area contributed by atoms with Crippen molar-refractivity contribution >= 4 is 15.7 Å². The van der Waals surface area contributed by atoms with Crippen LogP contribution in [0, 0.1) is 12.7 Å². The summed E-state index contributed by atoms with van der Waals surface area (Å²) in [5, 5.41) is 0. The quantitative estimate of drug-likeness (QED) is 0.589. The van der Waals surface area contributed by atoms with E-state index in [0.29, 0.717) is 6.54 Å². The van der Waals surface area contributed by atoms with E-state index in [1.807, 2.05) is 19.0 Å². The molecule has 0 aliphatic rings. The van der Waals surface area contributed by atoms with Gasteiger partial charge in [-0.15, -0.1) is 0 Å². The van der Waals surface area contributed by atoms with Gasteiger partial charge in [-0.3, -0.25) is 0 Å². The van der Waals surface area contributed by atoms with Crippen molar-refractivity contribution in [1.82, 2.24) is 9.62 Å². The molecule has 20 heavy (non-hydrogen) atoms. The van der Waals surface area contributed by atoms with Gasteiger partial charge in [0, 0.05) is 17.8 Å². The topological polar surface area (TPSA) is 75.4 Å². The van der Waals surface area contributed by atoms with Gasteiger partial charge < -0.3 is 10.6 Å². The summed E-state index contributed by atoms with van der Waals surface area (Å²) in [6, 6.07) is 2.39. The number of anilines is 1. The number of sulfonamides is 1. The molecule has 0 aliphatic carbocycles. The maximum atomic E-state index is 13.5. The molecule has 0 radical (unpaired) electrons. The fourth-order valence-electron chi connectivity index (χ4n) is 1.79. The van der Waals surface area contributed by atoms with Crippen LogP contribution in [0.2, 0.25) is 0 Å². The Morgan fingerprint density at radius 3 is 2.55 bits per heavy atom. The zero-order valence-corrected chi connectivity index (χ0v) is 12.9. The van der Waals surface area contributed by atoms with Crippen LogP contribution in [-0.2, 0) is 10.0 Å². The number of hydrogen-bond donors (Lipinski definition) is 2. The Morgan fingerprint density at radius 1 is 1.30 bits per heavy atom. The van der Waals surface area contributed by atoms with Gasteiger partial charge in [0.15, 0.2) is 0 Å². The van der Waals surface area contributed by atoms with Gasteiger partial charge >= 0.3 is 0 Å². The highest BCUT2D eigenvalue weighted by Gasteiger charge is 2.19. The molecule has 3 N–H and O–H groups in total. The first kappa shape index (κ1) is 16.9. The van der Waals surface area contributed by atoms with E-state index in [9.17, 15) is 12.8 Å². The van der Waals surface area contributed by atoms with Gasteiger partial charge in [0.05, 0.1) is 4.90 Å². The molecule has 0 saturated carbocycles. The number of benzene rings is 1. The molecule has 5 nitrogen and oxygen atoms in total. The van der Waals surface area contributed by atoms with Gasteiger partial charge in [-0.2, -0.15) is 0 Å². The van der Waals surface area contributed by atoms with Crippen molar-refractivity contribution in [2.45, 2.75) is 24.7 Å². The molecule has 1 aromatic rings. The highest BCUT2D eigenvalue weighted by Crippen LogP contribution is 2.21. The molecule has 0 atom stereocenters. The average molecular weight is 303 g/mol. The lowest BCUT2D eigenvalue weighted by Gasteiger charge is -2.12. The van der Waals surface area contributed by atoms with Gasteiger partial charge in [0.1, 0.15) is 5.82 Å².